The minimum atomic E-state index is -3.78. The van der Waals surface area contributed by atoms with Crippen LogP contribution in [0, 0.1) is 0 Å². The van der Waals surface area contributed by atoms with E-state index in [1.165, 1.54) is 0 Å². The van der Waals surface area contributed by atoms with Crippen molar-refractivity contribution in [3.05, 3.63) is 47.5 Å². The zero-order valence-electron chi connectivity index (χ0n) is 15.9. The molecule has 0 spiro atoms. The van der Waals surface area contributed by atoms with Crippen LogP contribution in [0.1, 0.15) is 17.5 Å². The maximum Gasteiger partial charge on any atom is 0.262 e. The van der Waals surface area contributed by atoms with Crippen LogP contribution in [0.3, 0.4) is 0 Å². The van der Waals surface area contributed by atoms with Crippen molar-refractivity contribution in [2.75, 3.05) is 29.8 Å². The number of nitrogens with two attached hydrogens (primary N) is 2. The van der Waals surface area contributed by atoms with Gasteiger partial charge < -0.3 is 21.1 Å². The Morgan fingerprint density at radius 1 is 1.17 bits per heavy atom. The molecule has 2 aromatic carbocycles. The van der Waals surface area contributed by atoms with Crippen molar-refractivity contribution < 1.29 is 13.2 Å². The van der Waals surface area contributed by atoms with E-state index in [0.717, 1.165) is 35.5 Å². The van der Waals surface area contributed by atoms with Gasteiger partial charge in [-0.2, -0.15) is 5.10 Å². The summed E-state index contributed by atoms with van der Waals surface area (Å²) in [6, 6.07) is 10.3. The number of nitrogens with one attached hydrogen (secondary N) is 1. The molecule has 0 bridgehead atoms. The Balaban J connectivity index is 1.62. The van der Waals surface area contributed by atoms with Crippen LogP contribution in [0.4, 0.5) is 11.4 Å². The smallest absolute Gasteiger partial charge is 0.262 e. The number of hydrogen-bond acceptors (Lipinski definition) is 6. The van der Waals surface area contributed by atoms with Crippen molar-refractivity contribution in [2.24, 2.45) is 21.7 Å². The Morgan fingerprint density at radius 3 is 2.79 bits per heavy atom. The minimum Gasteiger partial charge on any atom is -0.490 e. The summed E-state index contributed by atoms with van der Waals surface area (Å²) in [4.78, 5) is 2.17. The number of guanidine groups is 1. The largest absolute Gasteiger partial charge is 0.490 e. The number of anilines is 2. The minimum absolute atomic E-state index is 0.122. The SMILES string of the molecule is CN1CCOc2cc(S(=O)(=O)Nc3ccc4c(c3)/C(=N\N=C(N)N)CC4)ccc21. The van der Waals surface area contributed by atoms with Gasteiger partial charge in [-0.25, -0.2) is 8.42 Å². The van der Waals surface area contributed by atoms with Crippen LogP contribution in [0.25, 0.3) is 0 Å². The highest BCUT2D eigenvalue weighted by Gasteiger charge is 2.23. The van der Waals surface area contributed by atoms with E-state index in [2.05, 4.69) is 14.9 Å². The lowest BCUT2D eigenvalue weighted by atomic mass is 10.1. The zero-order chi connectivity index (χ0) is 20.6. The molecule has 4 rings (SSSR count). The van der Waals surface area contributed by atoms with Gasteiger partial charge in [0.05, 0.1) is 22.8 Å². The molecule has 10 heteroatoms. The first-order chi connectivity index (χ1) is 13.8. The normalized spacial score (nSPS) is 16.7. The molecule has 2 aliphatic rings. The summed E-state index contributed by atoms with van der Waals surface area (Å²) >= 11 is 0. The first-order valence-corrected chi connectivity index (χ1v) is 10.6. The van der Waals surface area contributed by atoms with Crippen LogP contribution < -0.4 is 25.8 Å². The second-order valence-electron chi connectivity index (χ2n) is 6.95. The predicted octanol–water partition coefficient (Wildman–Crippen LogP) is 1.24. The van der Waals surface area contributed by atoms with E-state index in [9.17, 15) is 8.42 Å². The summed E-state index contributed by atoms with van der Waals surface area (Å²) in [6.07, 6.45) is 1.49. The van der Waals surface area contributed by atoms with Gasteiger partial charge >= 0.3 is 0 Å². The fraction of sp³-hybridized carbons (Fsp3) is 0.263. The van der Waals surface area contributed by atoms with Gasteiger partial charge in [-0.1, -0.05) is 6.07 Å². The Hall–Kier alpha value is -3.27. The van der Waals surface area contributed by atoms with Crippen LogP contribution >= 0.6 is 0 Å². The van der Waals surface area contributed by atoms with Crippen molar-refractivity contribution in [2.45, 2.75) is 17.7 Å². The molecule has 0 amide bonds. The van der Waals surface area contributed by atoms with E-state index in [0.29, 0.717) is 24.5 Å². The third-order valence-corrected chi connectivity index (χ3v) is 6.31. The molecule has 0 radical (unpaired) electrons. The molecule has 0 unspecified atom stereocenters. The number of sulfonamides is 1. The molecule has 0 fully saturated rings. The zero-order valence-corrected chi connectivity index (χ0v) is 16.7. The molecule has 1 aliphatic heterocycles. The molecule has 5 N–H and O–H groups in total. The molecule has 0 saturated heterocycles. The molecular formula is C19H22N6O3S. The molecule has 9 nitrogen and oxygen atoms in total. The molecule has 152 valence electrons. The van der Waals surface area contributed by atoms with Crippen LogP contribution in [0.5, 0.6) is 5.75 Å². The van der Waals surface area contributed by atoms with E-state index >= 15 is 0 Å². The molecule has 0 aromatic heterocycles. The van der Waals surface area contributed by atoms with Crippen molar-refractivity contribution in [3.63, 3.8) is 0 Å². The summed E-state index contributed by atoms with van der Waals surface area (Å²) < 4.78 is 34.0. The maximum atomic E-state index is 12.9. The first-order valence-electron chi connectivity index (χ1n) is 9.13. The van der Waals surface area contributed by atoms with Gasteiger partial charge in [0.25, 0.3) is 10.0 Å². The lowest BCUT2D eigenvalue weighted by Gasteiger charge is -2.27. The Labute approximate surface area is 169 Å². The van der Waals surface area contributed by atoms with Gasteiger partial charge in [-0.05, 0) is 42.7 Å². The van der Waals surface area contributed by atoms with Crippen LogP contribution in [-0.2, 0) is 16.4 Å². The molecule has 1 aliphatic carbocycles. The van der Waals surface area contributed by atoms with Gasteiger partial charge in [0.15, 0.2) is 0 Å². The third-order valence-electron chi connectivity index (χ3n) is 4.93. The Bertz CT molecular complexity index is 1120. The maximum absolute atomic E-state index is 12.9. The highest BCUT2D eigenvalue weighted by molar-refractivity contribution is 7.92. The molecular weight excluding hydrogens is 392 g/mol. The van der Waals surface area contributed by atoms with E-state index < -0.39 is 10.0 Å². The number of nitrogens with zero attached hydrogens (tertiary/aromatic N) is 3. The average molecular weight is 414 g/mol. The van der Waals surface area contributed by atoms with E-state index in [1.54, 1.807) is 30.3 Å². The van der Waals surface area contributed by atoms with Crippen molar-refractivity contribution in [1.29, 1.82) is 0 Å². The Kier molecular flexibility index (Phi) is 4.79. The number of fused-ring (bicyclic) bond motifs is 2. The lowest BCUT2D eigenvalue weighted by molar-refractivity contribution is 0.310. The van der Waals surface area contributed by atoms with Crippen molar-refractivity contribution in [3.8, 4) is 5.75 Å². The van der Waals surface area contributed by atoms with E-state index in [-0.39, 0.29) is 10.9 Å². The summed E-state index contributed by atoms with van der Waals surface area (Å²) in [5, 5.41) is 7.78. The van der Waals surface area contributed by atoms with Gasteiger partial charge in [0.1, 0.15) is 12.4 Å². The van der Waals surface area contributed by atoms with Gasteiger partial charge in [-0.3, -0.25) is 4.72 Å². The molecule has 2 aromatic rings. The van der Waals surface area contributed by atoms with E-state index in [1.807, 2.05) is 18.0 Å². The summed E-state index contributed by atoms with van der Waals surface area (Å²) in [5.74, 6) is 0.435. The van der Waals surface area contributed by atoms with Crippen LogP contribution in [0.2, 0.25) is 0 Å². The Morgan fingerprint density at radius 2 is 2.00 bits per heavy atom. The molecule has 0 saturated carbocycles. The highest BCUT2D eigenvalue weighted by Crippen LogP contribution is 2.33. The topological polar surface area (TPSA) is 135 Å². The second-order valence-corrected chi connectivity index (χ2v) is 8.63. The predicted molar refractivity (Wildman–Crippen MR) is 113 cm³/mol. The molecule has 1 heterocycles. The fourth-order valence-corrected chi connectivity index (χ4v) is 4.52. The number of aryl methyl sites for hydroxylation is 1. The number of likely N-dealkylation sites (N-methyl/N-ethyl adjacent to an activating group) is 1. The van der Waals surface area contributed by atoms with Crippen molar-refractivity contribution >= 4 is 33.1 Å². The standard InChI is InChI=1S/C19H22N6O3S/c1-25-8-9-28-18-11-14(5-7-17(18)25)29(26,27)24-13-4-2-12-3-6-16(15(12)10-13)22-23-19(20)21/h2,4-5,7,10-11,24H,3,6,8-9H2,1H3,(H4,20,21,23)/b22-16-. The lowest BCUT2D eigenvalue weighted by Crippen LogP contribution is -2.29. The highest BCUT2D eigenvalue weighted by atomic mass is 32.2. The fourth-order valence-electron chi connectivity index (χ4n) is 3.46. The number of ether oxygens (including phenoxy) is 1. The summed E-state index contributed by atoms with van der Waals surface area (Å²) in [7, 11) is -1.84. The van der Waals surface area contributed by atoms with Crippen LogP contribution in [-0.4, -0.2) is 40.3 Å². The number of hydrogen-bond donors (Lipinski definition) is 3. The van der Waals surface area contributed by atoms with Gasteiger partial charge in [0, 0.05) is 24.4 Å². The van der Waals surface area contributed by atoms with E-state index in [4.69, 9.17) is 16.2 Å². The second kappa shape index (κ2) is 7.28. The quantitative estimate of drug-likeness (QED) is 0.391. The van der Waals surface area contributed by atoms with Gasteiger partial charge in [0.2, 0.25) is 5.96 Å². The van der Waals surface area contributed by atoms with Crippen LogP contribution in [0.15, 0.2) is 51.5 Å². The first kappa shape index (κ1) is 19.1. The monoisotopic (exact) mass is 414 g/mol. The molecule has 29 heavy (non-hydrogen) atoms. The third kappa shape index (κ3) is 3.83. The summed E-state index contributed by atoms with van der Waals surface area (Å²) in [5.41, 5.74) is 14.6. The van der Waals surface area contributed by atoms with Crippen molar-refractivity contribution in [1.82, 2.24) is 0 Å². The summed E-state index contributed by atoms with van der Waals surface area (Å²) in [6.45, 7) is 1.28. The number of benzene rings is 2. The molecule has 0 atom stereocenters. The average Bonchev–Trinajstić information content (AvgIpc) is 3.08. The number of rotatable bonds is 4. The van der Waals surface area contributed by atoms with Gasteiger partial charge in [-0.15, -0.1) is 5.10 Å².